The fourth-order valence-corrected chi connectivity index (χ4v) is 2.62. The van der Waals surface area contributed by atoms with Gasteiger partial charge >= 0.3 is 5.97 Å². The minimum atomic E-state index is -0.979. The third-order valence-electron chi connectivity index (χ3n) is 3.76. The van der Waals surface area contributed by atoms with Gasteiger partial charge in [-0.1, -0.05) is 25.4 Å². The molecule has 0 saturated heterocycles. The summed E-state index contributed by atoms with van der Waals surface area (Å²) >= 11 is 6.06. The van der Waals surface area contributed by atoms with E-state index in [0.29, 0.717) is 16.2 Å². The van der Waals surface area contributed by atoms with Crippen molar-refractivity contribution in [2.45, 2.75) is 45.6 Å². The maximum Gasteiger partial charge on any atom is 0.335 e. The second-order valence-corrected chi connectivity index (χ2v) is 6.34. The average Bonchev–Trinajstić information content (AvgIpc) is 2.34. The van der Waals surface area contributed by atoms with E-state index in [9.17, 15) is 4.79 Å². The Hall–Kier alpha value is -1.22. The first kappa shape index (κ1) is 14.2. The third-order valence-corrected chi connectivity index (χ3v) is 4.05. The lowest BCUT2D eigenvalue weighted by Crippen LogP contribution is -2.28. The lowest BCUT2D eigenvalue weighted by molar-refractivity contribution is 0.0696. The predicted octanol–water partition coefficient (Wildman–Crippen LogP) is 4.39. The summed E-state index contributed by atoms with van der Waals surface area (Å²) in [5.74, 6) is -0.399. The molecule has 3 nitrogen and oxygen atoms in total. The van der Waals surface area contributed by atoms with Gasteiger partial charge in [0.05, 0.1) is 16.7 Å². The summed E-state index contributed by atoms with van der Waals surface area (Å²) in [6.45, 7) is 4.55. The van der Waals surface area contributed by atoms with E-state index >= 15 is 0 Å². The highest BCUT2D eigenvalue weighted by Gasteiger charge is 2.28. The van der Waals surface area contributed by atoms with E-state index in [4.69, 9.17) is 21.4 Å². The maximum absolute atomic E-state index is 10.8. The summed E-state index contributed by atoms with van der Waals surface area (Å²) < 4.78 is 5.89. The van der Waals surface area contributed by atoms with Gasteiger partial charge in [-0.25, -0.2) is 4.79 Å². The number of benzene rings is 1. The van der Waals surface area contributed by atoms with E-state index in [1.54, 1.807) is 6.07 Å². The number of carbonyl (C=O) groups is 1. The van der Waals surface area contributed by atoms with Crippen molar-refractivity contribution in [3.05, 3.63) is 28.8 Å². The Morgan fingerprint density at radius 2 is 2.00 bits per heavy atom. The number of rotatable bonds is 3. The van der Waals surface area contributed by atoms with Gasteiger partial charge in [-0.15, -0.1) is 0 Å². The van der Waals surface area contributed by atoms with Crippen LogP contribution in [0.2, 0.25) is 5.02 Å². The molecule has 0 radical (unpaired) electrons. The summed E-state index contributed by atoms with van der Waals surface area (Å²) in [4.78, 5) is 10.8. The van der Waals surface area contributed by atoms with Gasteiger partial charge < -0.3 is 9.84 Å². The molecule has 1 aromatic rings. The van der Waals surface area contributed by atoms with Crippen LogP contribution in [0.3, 0.4) is 0 Å². The molecule has 0 aromatic heterocycles. The number of ether oxygens (including phenoxy) is 1. The van der Waals surface area contributed by atoms with E-state index in [1.165, 1.54) is 12.1 Å². The largest absolute Gasteiger partial charge is 0.489 e. The van der Waals surface area contributed by atoms with Crippen molar-refractivity contribution in [1.82, 2.24) is 0 Å². The van der Waals surface area contributed by atoms with Crippen LogP contribution in [-0.4, -0.2) is 17.2 Å². The number of halogens is 1. The normalized spacial score (nSPS) is 19.1. The molecule has 0 atom stereocenters. The van der Waals surface area contributed by atoms with Crippen LogP contribution in [0.1, 0.15) is 49.9 Å². The Morgan fingerprint density at radius 1 is 1.37 bits per heavy atom. The first-order chi connectivity index (χ1) is 8.87. The van der Waals surface area contributed by atoms with Crippen molar-refractivity contribution in [3.8, 4) is 5.75 Å². The molecule has 1 N–H and O–H groups in total. The number of carboxylic acids is 1. The number of hydrogen-bond donors (Lipinski definition) is 1. The molecule has 1 aliphatic carbocycles. The number of hydrogen-bond acceptors (Lipinski definition) is 2. The average molecular weight is 283 g/mol. The fraction of sp³-hybridized carbons (Fsp3) is 0.533. The summed E-state index contributed by atoms with van der Waals surface area (Å²) in [7, 11) is 0. The van der Waals surface area contributed by atoms with Crippen LogP contribution >= 0.6 is 11.6 Å². The van der Waals surface area contributed by atoms with Crippen LogP contribution in [0.25, 0.3) is 0 Å². The van der Waals surface area contributed by atoms with E-state index in [0.717, 1.165) is 25.7 Å². The Balaban J connectivity index is 2.02. The topological polar surface area (TPSA) is 46.5 Å². The Bertz CT molecular complexity index is 472. The van der Waals surface area contributed by atoms with Crippen LogP contribution in [0.15, 0.2) is 18.2 Å². The molecule has 19 heavy (non-hydrogen) atoms. The van der Waals surface area contributed by atoms with Crippen molar-refractivity contribution in [3.63, 3.8) is 0 Å². The van der Waals surface area contributed by atoms with E-state index in [1.807, 2.05) is 0 Å². The second-order valence-electron chi connectivity index (χ2n) is 5.93. The lowest BCUT2D eigenvalue weighted by atomic mass is 9.76. The predicted molar refractivity (Wildman–Crippen MR) is 75.1 cm³/mol. The second kappa shape index (κ2) is 5.41. The lowest BCUT2D eigenvalue weighted by Gasteiger charge is -2.34. The molecule has 0 amide bonds. The summed E-state index contributed by atoms with van der Waals surface area (Å²) in [5.41, 5.74) is 0.582. The Morgan fingerprint density at radius 3 is 2.53 bits per heavy atom. The van der Waals surface area contributed by atoms with E-state index < -0.39 is 5.97 Å². The van der Waals surface area contributed by atoms with Crippen LogP contribution < -0.4 is 4.74 Å². The molecule has 1 fully saturated rings. The zero-order valence-electron chi connectivity index (χ0n) is 11.3. The summed E-state index contributed by atoms with van der Waals surface area (Å²) in [6.07, 6.45) is 4.50. The standard InChI is InChI=1S/C15H19ClO3/c1-15(2)7-5-11(6-8-15)19-13-4-3-10(14(17)18)9-12(13)16/h3-4,9,11H,5-8H2,1-2H3,(H,17,18). The SMILES string of the molecule is CC1(C)CCC(Oc2ccc(C(=O)O)cc2Cl)CC1. The molecule has 1 aromatic carbocycles. The molecule has 0 spiro atoms. The highest BCUT2D eigenvalue weighted by Crippen LogP contribution is 2.37. The molecule has 0 unspecified atom stereocenters. The van der Waals surface area contributed by atoms with Crippen molar-refractivity contribution >= 4 is 17.6 Å². The number of aromatic carboxylic acids is 1. The maximum atomic E-state index is 10.8. The van der Waals surface area contributed by atoms with Crippen LogP contribution in [0, 0.1) is 5.41 Å². The van der Waals surface area contributed by atoms with Crippen molar-refractivity contribution in [1.29, 1.82) is 0 Å². The zero-order valence-corrected chi connectivity index (χ0v) is 12.0. The molecule has 4 heteroatoms. The van der Waals surface area contributed by atoms with Gasteiger partial charge in [0.25, 0.3) is 0 Å². The molecule has 104 valence electrons. The minimum absolute atomic E-state index is 0.182. The zero-order chi connectivity index (χ0) is 14.0. The molecule has 1 aliphatic rings. The van der Waals surface area contributed by atoms with Crippen LogP contribution in [-0.2, 0) is 0 Å². The smallest absolute Gasteiger partial charge is 0.335 e. The van der Waals surface area contributed by atoms with Crippen molar-refractivity contribution < 1.29 is 14.6 Å². The number of carboxylic acid groups (broad SMARTS) is 1. The van der Waals surface area contributed by atoms with E-state index in [-0.39, 0.29) is 11.7 Å². The first-order valence-corrected chi connectivity index (χ1v) is 6.95. The Kier molecular flexibility index (Phi) is 4.04. The van der Waals surface area contributed by atoms with Gasteiger partial charge in [-0.2, -0.15) is 0 Å². The summed E-state index contributed by atoms with van der Waals surface area (Å²) in [6, 6.07) is 4.60. The highest BCUT2D eigenvalue weighted by atomic mass is 35.5. The molecule has 2 rings (SSSR count). The quantitative estimate of drug-likeness (QED) is 0.894. The van der Waals surface area contributed by atoms with Gasteiger partial charge in [0.1, 0.15) is 5.75 Å². The fourth-order valence-electron chi connectivity index (χ4n) is 2.40. The molecule has 0 bridgehead atoms. The summed E-state index contributed by atoms with van der Waals surface area (Å²) in [5, 5.41) is 9.25. The minimum Gasteiger partial charge on any atom is -0.489 e. The molecule has 0 aliphatic heterocycles. The highest BCUT2D eigenvalue weighted by molar-refractivity contribution is 6.32. The van der Waals surface area contributed by atoms with Gasteiger partial charge in [0.15, 0.2) is 0 Å². The van der Waals surface area contributed by atoms with Gasteiger partial charge in [-0.05, 0) is 49.3 Å². The van der Waals surface area contributed by atoms with Crippen LogP contribution in [0.4, 0.5) is 0 Å². The molecular formula is C15H19ClO3. The van der Waals surface area contributed by atoms with E-state index in [2.05, 4.69) is 13.8 Å². The van der Waals surface area contributed by atoms with Crippen molar-refractivity contribution in [2.75, 3.05) is 0 Å². The molecule has 0 heterocycles. The first-order valence-electron chi connectivity index (χ1n) is 6.57. The Labute approximate surface area is 118 Å². The van der Waals surface area contributed by atoms with Gasteiger partial charge in [0, 0.05) is 0 Å². The molecular weight excluding hydrogens is 264 g/mol. The monoisotopic (exact) mass is 282 g/mol. The van der Waals surface area contributed by atoms with Gasteiger partial charge in [0.2, 0.25) is 0 Å². The molecule has 1 saturated carbocycles. The third kappa shape index (κ3) is 3.63. The van der Waals surface area contributed by atoms with Crippen molar-refractivity contribution in [2.24, 2.45) is 5.41 Å². The van der Waals surface area contributed by atoms with Crippen LogP contribution in [0.5, 0.6) is 5.75 Å². The van der Waals surface area contributed by atoms with Gasteiger partial charge in [-0.3, -0.25) is 0 Å².